The molecular formula is C12H19F3O2. The van der Waals surface area contributed by atoms with Gasteiger partial charge >= 0.3 is 12.1 Å². The number of ether oxygens (including phenoxy) is 1. The van der Waals surface area contributed by atoms with Gasteiger partial charge in [-0.1, -0.05) is 26.2 Å². The van der Waals surface area contributed by atoms with Crippen LogP contribution in [0.5, 0.6) is 0 Å². The Kier molecular flexibility index (Phi) is 4.83. The second-order valence-corrected chi connectivity index (χ2v) is 4.78. The summed E-state index contributed by atoms with van der Waals surface area (Å²) < 4.78 is 42.8. The number of carbonyl (C=O) groups is 1. The van der Waals surface area contributed by atoms with E-state index in [-0.39, 0.29) is 5.92 Å². The number of hydrogen-bond donors (Lipinski definition) is 0. The quantitative estimate of drug-likeness (QED) is 0.718. The molecule has 0 heterocycles. The third-order valence-corrected chi connectivity index (χ3v) is 3.69. The minimum Gasteiger partial charge on any atom is -0.469 e. The van der Waals surface area contributed by atoms with E-state index in [0.717, 1.165) is 33.3 Å². The molecule has 1 rings (SSSR count). The van der Waals surface area contributed by atoms with Gasteiger partial charge in [0.05, 0.1) is 18.9 Å². The molecule has 1 aliphatic carbocycles. The molecule has 0 aromatic rings. The first-order valence-corrected chi connectivity index (χ1v) is 6.02. The van der Waals surface area contributed by atoms with Crippen LogP contribution in [0.2, 0.25) is 0 Å². The number of carbonyl (C=O) groups excluding carboxylic acids is 1. The third-order valence-electron chi connectivity index (χ3n) is 3.69. The summed E-state index contributed by atoms with van der Waals surface area (Å²) in [5, 5.41) is 0. The molecule has 2 unspecified atom stereocenters. The molecule has 0 aliphatic heterocycles. The van der Waals surface area contributed by atoms with Crippen molar-refractivity contribution >= 4 is 5.97 Å². The molecule has 100 valence electrons. The van der Waals surface area contributed by atoms with E-state index >= 15 is 0 Å². The highest BCUT2D eigenvalue weighted by Crippen LogP contribution is 2.41. The van der Waals surface area contributed by atoms with Crippen LogP contribution in [0, 0.1) is 17.8 Å². The highest BCUT2D eigenvalue weighted by Gasteiger charge is 2.47. The summed E-state index contributed by atoms with van der Waals surface area (Å²) >= 11 is 0. The highest BCUT2D eigenvalue weighted by molar-refractivity contribution is 5.73. The van der Waals surface area contributed by atoms with E-state index < -0.39 is 24.0 Å². The van der Waals surface area contributed by atoms with Crippen LogP contribution in [0.25, 0.3) is 0 Å². The van der Waals surface area contributed by atoms with Crippen LogP contribution in [-0.2, 0) is 9.53 Å². The molecule has 0 bridgehead atoms. The zero-order valence-corrected chi connectivity index (χ0v) is 10.2. The monoisotopic (exact) mass is 252 g/mol. The van der Waals surface area contributed by atoms with Gasteiger partial charge < -0.3 is 4.74 Å². The molecule has 0 amide bonds. The molecule has 0 saturated heterocycles. The van der Waals surface area contributed by atoms with E-state index in [9.17, 15) is 18.0 Å². The summed E-state index contributed by atoms with van der Waals surface area (Å²) in [5.41, 5.74) is 0. The normalized spacial score (nSPS) is 21.9. The lowest BCUT2D eigenvalue weighted by molar-refractivity contribution is -0.199. The van der Waals surface area contributed by atoms with E-state index in [4.69, 9.17) is 0 Å². The first kappa shape index (κ1) is 14.3. The number of methoxy groups -OCH3 is 1. The maximum absolute atomic E-state index is 12.7. The minimum absolute atomic E-state index is 0.187. The zero-order chi connectivity index (χ0) is 13.1. The predicted octanol–water partition coefficient (Wildman–Crippen LogP) is 3.55. The van der Waals surface area contributed by atoms with Crippen molar-refractivity contribution < 1.29 is 22.7 Å². The van der Waals surface area contributed by atoms with Crippen molar-refractivity contribution in [3.05, 3.63) is 0 Å². The van der Waals surface area contributed by atoms with E-state index in [1.165, 1.54) is 0 Å². The van der Waals surface area contributed by atoms with Gasteiger partial charge in [0.1, 0.15) is 0 Å². The van der Waals surface area contributed by atoms with Crippen LogP contribution >= 0.6 is 0 Å². The molecule has 2 nitrogen and oxygen atoms in total. The smallest absolute Gasteiger partial charge is 0.392 e. The summed E-state index contributed by atoms with van der Waals surface area (Å²) in [6.07, 6.45) is -0.0903. The van der Waals surface area contributed by atoms with E-state index in [2.05, 4.69) is 4.74 Å². The maximum Gasteiger partial charge on any atom is 0.392 e. The maximum atomic E-state index is 12.7. The van der Waals surface area contributed by atoms with Crippen molar-refractivity contribution in [1.82, 2.24) is 0 Å². The van der Waals surface area contributed by atoms with Gasteiger partial charge in [-0.3, -0.25) is 4.79 Å². The molecule has 0 N–H and O–H groups in total. The largest absolute Gasteiger partial charge is 0.469 e. The second kappa shape index (κ2) is 5.74. The number of hydrogen-bond acceptors (Lipinski definition) is 2. The zero-order valence-electron chi connectivity index (χ0n) is 10.2. The molecule has 2 atom stereocenters. The Morgan fingerprint density at radius 2 is 1.76 bits per heavy atom. The lowest BCUT2D eigenvalue weighted by atomic mass is 9.74. The van der Waals surface area contributed by atoms with Gasteiger partial charge in [-0.25, -0.2) is 0 Å². The average Bonchev–Trinajstić information content (AvgIpc) is 2.29. The number of alkyl halides is 3. The lowest BCUT2D eigenvalue weighted by Crippen LogP contribution is -2.39. The van der Waals surface area contributed by atoms with Crippen LogP contribution in [0.3, 0.4) is 0 Å². The van der Waals surface area contributed by atoms with Gasteiger partial charge in [-0.05, 0) is 18.8 Å². The summed E-state index contributed by atoms with van der Waals surface area (Å²) in [5.74, 6) is -3.58. The van der Waals surface area contributed by atoms with Crippen LogP contribution in [0.4, 0.5) is 13.2 Å². The van der Waals surface area contributed by atoms with Crippen LogP contribution < -0.4 is 0 Å². The fourth-order valence-corrected chi connectivity index (χ4v) is 2.64. The summed E-state index contributed by atoms with van der Waals surface area (Å²) in [6.45, 7) is 1.08. The highest BCUT2D eigenvalue weighted by atomic mass is 19.4. The van der Waals surface area contributed by atoms with Gasteiger partial charge in [0.2, 0.25) is 0 Å². The first-order chi connectivity index (χ1) is 7.88. The molecule has 1 saturated carbocycles. The Bertz CT molecular complexity index is 257. The lowest BCUT2D eigenvalue weighted by Gasteiger charge is -2.33. The average molecular weight is 252 g/mol. The van der Waals surface area contributed by atoms with Crippen LogP contribution in [0.1, 0.15) is 39.0 Å². The fourth-order valence-electron chi connectivity index (χ4n) is 2.64. The van der Waals surface area contributed by atoms with Crippen molar-refractivity contribution in [2.45, 2.75) is 45.2 Å². The molecule has 0 aromatic carbocycles. The molecular weight excluding hydrogens is 233 g/mol. The van der Waals surface area contributed by atoms with Crippen molar-refractivity contribution in [3.8, 4) is 0 Å². The summed E-state index contributed by atoms with van der Waals surface area (Å²) in [4.78, 5) is 11.6. The van der Waals surface area contributed by atoms with Crippen molar-refractivity contribution in [1.29, 1.82) is 0 Å². The van der Waals surface area contributed by atoms with Crippen molar-refractivity contribution in [2.24, 2.45) is 17.8 Å². The van der Waals surface area contributed by atoms with Crippen LogP contribution in [-0.4, -0.2) is 19.3 Å². The first-order valence-electron chi connectivity index (χ1n) is 6.02. The van der Waals surface area contributed by atoms with Crippen molar-refractivity contribution in [2.75, 3.05) is 7.11 Å². The third kappa shape index (κ3) is 3.61. The minimum atomic E-state index is -4.34. The predicted molar refractivity (Wildman–Crippen MR) is 57.3 cm³/mol. The topological polar surface area (TPSA) is 26.3 Å². The van der Waals surface area contributed by atoms with Gasteiger partial charge in [-0.2, -0.15) is 13.2 Å². The molecule has 1 fully saturated rings. The number of rotatable bonds is 3. The van der Waals surface area contributed by atoms with Gasteiger partial charge in [0.25, 0.3) is 0 Å². The van der Waals surface area contributed by atoms with Crippen LogP contribution in [0.15, 0.2) is 0 Å². The Labute approximate surface area is 99.5 Å². The van der Waals surface area contributed by atoms with Gasteiger partial charge in [0, 0.05) is 0 Å². The standard InChI is InChI=1S/C12H19F3O2/c1-8(12(13,14)15)10(11(16)17-2)9-6-4-3-5-7-9/h8-10H,3-7H2,1-2H3. The molecule has 5 heteroatoms. The van der Waals surface area contributed by atoms with E-state index in [1.54, 1.807) is 0 Å². The van der Waals surface area contributed by atoms with E-state index in [1.807, 2.05) is 0 Å². The second-order valence-electron chi connectivity index (χ2n) is 4.78. The van der Waals surface area contributed by atoms with Crippen molar-refractivity contribution in [3.63, 3.8) is 0 Å². The molecule has 0 aromatic heterocycles. The Morgan fingerprint density at radius 3 is 2.18 bits per heavy atom. The SMILES string of the molecule is COC(=O)C(C1CCCCC1)C(C)C(F)(F)F. The van der Waals surface area contributed by atoms with Gasteiger partial charge in [-0.15, -0.1) is 0 Å². The Morgan fingerprint density at radius 1 is 1.24 bits per heavy atom. The molecule has 1 aliphatic rings. The summed E-state index contributed by atoms with van der Waals surface area (Å²) in [7, 11) is 1.15. The molecule has 17 heavy (non-hydrogen) atoms. The Hall–Kier alpha value is -0.740. The fraction of sp³-hybridized carbons (Fsp3) is 0.917. The van der Waals surface area contributed by atoms with E-state index in [0.29, 0.717) is 12.8 Å². The number of esters is 1. The Balaban J connectivity index is 2.82. The molecule has 0 radical (unpaired) electrons. The molecule has 0 spiro atoms. The summed E-state index contributed by atoms with van der Waals surface area (Å²) in [6, 6.07) is 0. The van der Waals surface area contributed by atoms with Gasteiger partial charge in [0.15, 0.2) is 0 Å². The number of halogens is 3.